The lowest BCUT2D eigenvalue weighted by molar-refractivity contribution is -0.145. The molecule has 2 heterocycles. The van der Waals surface area contributed by atoms with Gasteiger partial charge >= 0.3 is 12.0 Å². The number of aromatic nitrogens is 4. The van der Waals surface area contributed by atoms with E-state index in [9.17, 15) is 9.18 Å². The van der Waals surface area contributed by atoms with Crippen molar-refractivity contribution >= 4 is 5.97 Å². The summed E-state index contributed by atoms with van der Waals surface area (Å²) in [5.74, 6) is -0.826. The standard InChI is InChI=1S/C12H13FN4O3/c1-3-19-9(18)7-20-12-15-11(17(2)16-12)10-8(13)5-4-6-14-10/h4-6H,3,7H2,1-2H3. The number of carbonyl (C=O) groups is 1. The number of hydrogen-bond donors (Lipinski definition) is 0. The quantitative estimate of drug-likeness (QED) is 0.759. The van der Waals surface area contributed by atoms with Crippen molar-refractivity contribution in [3.63, 3.8) is 0 Å². The fourth-order valence-electron chi connectivity index (χ4n) is 1.50. The first-order valence-corrected chi connectivity index (χ1v) is 5.92. The van der Waals surface area contributed by atoms with Gasteiger partial charge in [0.2, 0.25) is 0 Å². The Balaban J connectivity index is 2.14. The Labute approximate surface area is 114 Å². The van der Waals surface area contributed by atoms with E-state index in [1.807, 2.05) is 0 Å². The molecule has 106 valence electrons. The number of nitrogens with zero attached hydrogens (tertiary/aromatic N) is 4. The Bertz CT molecular complexity index is 614. The molecule has 0 aliphatic rings. The highest BCUT2D eigenvalue weighted by Crippen LogP contribution is 2.19. The van der Waals surface area contributed by atoms with E-state index in [-0.39, 0.29) is 30.7 Å². The lowest BCUT2D eigenvalue weighted by atomic mass is 10.3. The topological polar surface area (TPSA) is 79.1 Å². The van der Waals surface area contributed by atoms with E-state index in [1.165, 1.54) is 23.0 Å². The molecule has 8 heteroatoms. The number of aryl methyl sites for hydroxylation is 1. The molecule has 2 rings (SSSR count). The molecular weight excluding hydrogens is 267 g/mol. The van der Waals surface area contributed by atoms with Gasteiger partial charge < -0.3 is 9.47 Å². The Kier molecular flexibility index (Phi) is 4.24. The SMILES string of the molecule is CCOC(=O)COc1nc(-c2ncccc2F)n(C)n1. The van der Waals surface area contributed by atoms with Gasteiger partial charge in [0.1, 0.15) is 5.69 Å². The van der Waals surface area contributed by atoms with E-state index < -0.39 is 11.8 Å². The number of pyridine rings is 1. The highest BCUT2D eigenvalue weighted by atomic mass is 19.1. The molecule has 0 spiro atoms. The van der Waals surface area contributed by atoms with Crippen molar-refractivity contribution < 1.29 is 18.7 Å². The molecule has 0 aromatic carbocycles. The van der Waals surface area contributed by atoms with E-state index in [0.29, 0.717) is 0 Å². The van der Waals surface area contributed by atoms with Crippen LogP contribution in [-0.2, 0) is 16.6 Å². The molecule has 20 heavy (non-hydrogen) atoms. The minimum Gasteiger partial charge on any atom is -0.463 e. The smallest absolute Gasteiger partial charge is 0.344 e. The summed E-state index contributed by atoms with van der Waals surface area (Å²) in [7, 11) is 1.58. The summed E-state index contributed by atoms with van der Waals surface area (Å²) in [6, 6.07) is 2.71. The summed E-state index contributed by atoms with van der Waals surface area (Å²) >= 11 is 0. The van der Waals surface area contributed by atoms with Crippen molar-refractivity contribution in [3.05, 3.63) is 24.1 Å². The van der Waals surface area contributed by atoms with Gasteiger partial charge in [-0.15, -0.1) is 5.10 Å². The molecule has 0 unspecified atom stereocenters. The lowest BCUT2D eigenvalue weighted by Crippen LogP contribution is -2.15. The predicted molar refractivity (Wildman–Crippen MR) is 66.3 cm³/mol. The van der Waals surface area contributed by atoms with Crippen molar-refractivity contribution in [3.8, 4) is 17.5 Å². The molecule has 0 aliphatic heterocycles. The van der Waals surface area contributed by atoms with E-state index in [2.05, 4.69) is 15.1 Å². The van der Waals surface area contributed by atoms with Gasteiger partial charge in [-0.1, -0.05) is 0 Å². The van der Waals surface area contributed by atoms with Crippen LogP contribution in [0.1, 0.15) is 6.92 Å². The Hall–Kier alpha value is -2.51. The summed E-state index contributed by atoms with van der Waals surface area (Å²) < 4.78 is 24.7. The highest BCUT2D eigenvalue weighted by molar-refractivity contribution is 5.70. The summed E-state index contributed by atoms with van der Waals surface area (Å²) in [6.45, 7) is 1.66. The van der Waals surface area contributed by atoms with Crippen molar-refractivity contribution in [1.29, 1.82) is 0 Å². The van der Waals surface area contributed by atoms with Gasteiger partial charge in [0.15, 0.2) is 18.2 Å². The van der Waals surface area contributed by atoms with Crippen LogP contribution in [0.2, 0.25) is 0 Å². The second kappa shape index (κ2) is 6.09. The fraction of sp³-hybridized carbons (Fsp3) is 0.333. The number of ether oxygens (including phenoxy) is 2. The molecular formula is C12H13FN4O3. The molecule has 2 aromatic rings. The average molecular weight is 280 g/mol. The Morgan fingerprint density at radius 1 is 1.50 bits per heavy atom. The summed E-state index contributed by atoms with van der Waals surface area (Å²) in [5, 5.41) is 3.93. The summed E-state index contributed by atoms with van der Waals surface area (Å²) in [6.07, 6.45) is 1.45. The number of esters is 1. The van der Waals surface area contributed by atoms with Gasteiger partial charge in [0.25, 0.3) is 0 Å². The number of hydrogen-bond acceptors (Lipinski definition) is 6. The summed E-state index contributed by atoms with van der Waals surface area (Å²) in [4.78, 5) is 19.0. The van der Waals surface area contributed by atoms with Crippen LogP contribution in [-0.4, -0.2) is 38.9 Å². The first kappa shape index (κ1) is 13.9. The molecule has 0 atom stereocenters. The number of halogens is 1. The van der Waals surface area contributed by atoms with Gasteiger partial charge in [-0.25, -0.2) is 18.9 Å². The van der Waals surface area contributed by atoms with E-state index in [1.54, 1.807) is 14.0 Å². The van der Waals surface area contributed by atoms with Crippen LogP contribution in [0, 0.1) is 5.82 Å². The number of carbonyl (C=O) groups excluding carboxylic acids is 1. The normalized spacial score (nSPS) is 10.3. The minimum atomic E-state index is -0.523. The van der Waals surface area contributed by atoms with Gasteiger partial charge in [0.05, 0.1) is 6.61 Å². The third-order valence-electron chi connectivity index (χ3n) is 2.34. The van der Waals surface area contributed by atoms with Crippen LogP contribution in [0.3, 0.4) is 0 Å². The van der Waals surface area contributed by atoms with Crippen LogP contribution >= 0.6 is 0 Å². The second-order valence-electron chi connectivity index (χ2n) is 3.77. The highest BCUT2D eigenvalue weighted by Gasteiger charge is 2.16. The van der Waals surface area contributed by atoms with E-state index in [0.717, 1.165) is 0 Å². The van der Waals surface area contributed by atoms with Gasteiger partial charge in [-0.2, -0.15) is 4.98 Å². The Morgan fingerprint density at radius 3 is 3.00 bits per heavy atom. The molecule has 0 radical (unpaired) electrons. The first-order chi connectivity index (χ1) is 9.61. The van der Waals surface area contributed by atoms with Crippen LogP contribution in [0.4, 0.5) is 4.39 Å². The molecule has 0 saturated heterocycles. The maximum Gasteiger partial charge on any atom is 0.344 e. The molecule has 0 bridgehead atoms. The molecule has 0 saturated carbocycles. The lowest BCUT2D eigenvalue weighted by Gasteiger charge is -2.00. The molecule has 0 fully saturated rings. The molecule has 0 N–H and O–H groups in total. The number of rotatable bonds is 5. The monoisotopic (exact) mass is 280 g/mol. The van der Waals surface area contributed by atoms with Crippen LogP contribution in [0.15, 0.2) is 18.3 Å². The molecule has 2 aromatic heterocycles. The maximum atomic E-state index is 13.6. The van der Waals surface area contributed by atoms with Crippen molar-refractivity contribution in [2.45, 2.75) is 6.92 Å². The third-order valence-corrected chi connectivity index (χ3v) is 2.34. The zero-order chi connectivity index (χ0) is 14.5. The zero-order valence-corrected chi connectivity index (χ0v) is 11.0. The largest absolute Gasteiger partial charge is 0.463 e. The summed E-state index contributed by atoms with van der Waals surface area (Å²) in [5.41, 5.74) is 0.0634. The minimum absolute atomic E-state index is 0.0411. The first-order valence-electron chi connectivity index (χ1n) is 5.92. The van der Waals surface area contributed by atoms with Gasteiger partial charge in [-0.05, 0) is 19.1 Å². The van der Waals surface area contributed by atoms with Crippen molar-refractivity contribution in [1.82, 2.24) is 19.7 Å². The fourth-order valence-corrected chi connectivity index (χ4v) is 1.50. The van der Waals surface area contributed by atoms with Crippen molar-refractivity contribution in [2.75, 3.05) is 13.2 Å². The molecule has 0 amide bonds. The zero-order valence-electron chi connectivity index (χ0n) is 11.0. The third kappa shape index (κ3) is 3.08. The molecule has 7 nitrogen and oxygen atoms in total. The van der Waals surface area contributed by atoms with Crippen LogP contribution < -0.4 is 4.74 Å². The predicted octanol–water partition coefficient (Wildman–Crippen LogP) is 0.958. The molecule has 0 aliphatic carbocycles. The van der Waals surface area contributed by atoms with Crippen LogP contribution in [0.25, 0.3) is 11.5 Å². The van der Waals surface area contributed by atoms with Gasteiger partial charge in [0, 0.05) is 13.2 Å². The van der Waals surface area contributed by atoms with E-state index >= 15 is 0 Å². The second-order valence-corrected chi connectivity index (χ2v) is 3.77. The average Bonchev–Trinajstić information content (AvgIpc) is 2.79. The van der Waals surface area contributed by atoms with E-state index in [4.69, 9.17) is 9.47 Å². The Morgan fingerprint density at radius 2 is 2.30 bits per heavy atom. The van der Waals surface area contributed by atoms with Crippen LogP contribution in [0.5, 0.6) is 6.01 Å². The van der Waals surface area contributed by atoms with Gasteiger partial charge in [-0.3, -0.25) is 0 Å². The maximum absolute atomic E-state index is 13.6. The van der Waals surface area contributed by atoms with Crippen molar-refractivity contribution in [2.24, 2.45) is 7.05 Å².